The first-order valence-electron chi connectivity index (χ1n) is 10.5. The first kappa shape index (κ1) is 22.8. The Morgan fingerprint density at radius 3 is 2.42 bits per heavy atom. The highest BCUT2D eigenvalue weighted by atomic mass is 16.6. The number of ether oxygens (including phenoxy) is 3. The molecule has 2 aliphatic heterocycles. The summed E-state index contributed by atoms with van der Waals surface area (Å²) in [6.07, 6.45) is -0.343. The quantitative estimate of drug-likeness (QED) is 0.723. The summed E-state index contributed by atoms with van der Waals surface area (Å²) in [6, 6.07) is 9.53. The summed E-state index contributed by atoms with van der Waals surface area (Å²) in [5, 5.41) is 12.6. The number of nitriles is 1. The van der Waals surface area contributed by atoms with Gasteiger partial charge in [-0.15, -0.1) is 0 Å². The summed E-state index contributed by atoms with van der Waals surface area (Å²) in [5.74, 6) is 0.244. The Morgan fingerprint density at radius 1 is 1.19 bits per heavy atom. The average molecular weight is 431 g/mol. The van der Waals surface area contributed by atoms with E-state index < -0.39 is 23.6 Å². The van der Waals surface area contributed by atoms with E-state index >= 15 is 0 Å². The number of carbonyl (C=O) groups is 2. The second-order valence-corrected chi connectivity index (χ2v) is 8.01. The number of nitrogens with zero attached hydrogens (tertiary/aromatic N) is 3. The average Bonchev–Trinajstić information content (AvgIpc) is 2.81. The number of piperidine rings is 1. The molecule has 2 saturated heterocycles. The van der Waals surface area contributed by atoms with E-state index in [2.05, 4.69) is 16.3 Å². The standard InChI is InChI=1S/C22H30N4O5/c1-25-9-7-22(16-23,8-10-25)24-20(27)19(15-17-3-5-18(29-2)6-4-17)31-21(28)26-11-13-30-14-12-26/h3-6,19H,7-15H2,1-2H3,(H,24,27). The van der Waals surface area contributed by atoms with E-state index in [0.29, 0.717) is 58.0 Å². The van der Waals surface area contributed by atoms with Crippen molar-refractivity contribution in [2.45, 2.75) is 30.9 Å². The van der Waals surface area contributed by atoms with Crippen molar-refractivity contribution in [1.29, 1.82) is 5.26 Å². The lowest BCUT2D eigenvalue weighted by Gasteiger charge is -2.37. The Balaban J connectivity index is 1.73. The van der Waals surface area contributed by atoms with Crippen LogP contribution in [0.15, 0.2) is 24.3 Å². The van der Waals surface area contributed by atoms with Gasteiger partial charge in [-0.05, 0) is 37.6 Å². The Morgan fingerprint density at radius 2 is 1.84 bits per heavy atom. The third-order valence-corrected chi connectivity index (χ3v) is 5.80. The number of carbonyl (C=O) groups excluding carboxylic acids is 2. The van der Waals surface area contributed by atoms with Crippen LogP contribution in [0, 0.1) is 11.3 Å². The zero-order valence-corrected chi connectivity index (χ0v) is 18.1. The van der Waals surface area contributed by atoms with Crippen molar-refractivity contribution in [2.75, 3.05) is 53.6 Å². The maximum absolute atomic E-state index is 13.2. The van der Waals surface area contributed by atoms with Crippen LogP contribution >= 0.6 is 0 Å². The van der Waals surface area contributed by atoms with Gasteiger partial charge in [0.1, 0.15) is 11.3 Å². The van der Waals surface area contributed by atoms with Crippen LogP contribution in [0.25, 0.3) is 0 Å². The fraction of sp³-hybridized carbons (Fsp3) is 0.591. The van der Waals surface area contributed by atoms with Crippen LogP contribution in [-0.4, -0.2) is 87.0 Å². The van der Waals surface area contributed by atoms with Crippen molar-refractivity contribution in [2.24, 2.45) is 0 Å². The lowest BCUT2D eigenvalue weighted by molar-refractivity contribution is -0.132. The number of hydrogen-bond donors (Lipinski definition) is 1. The SMILES string of the molecule is COc1ccc(CC(OC(=O)N2CCOCC2)C(=O)NC2(C#N)CCN(C)CC2)cc1. The fourth-order valence-corrected chi connectivity index (χ4v) is 3.69. The normalized spacial score (nSPS) is 19.7. The fourth-order valence-electron chi connectivity index (χ4n) is 3.69. The van der Waals surface area contributed by atoms with Crippen LogP contribution in [0.4, 0.5) is 4.79 Å². The van der Waals surface area contributed by atoms with Crippen LogP contribution in [-0.2, 0) is 20.7 Å². The third kappa shape index (κ3) is 6.09. The molecule has 0 bridgehead atoms. The van der Waals surface area contributed by atoms with Gasteiger partial charge in [-0.1, -0.05) is 12.1 Å². The number of methoxy groups -OCH3 is 1. The molecule has 31 heavy (non-hydrogen) atoms. The molecule has 0 aromatic heterocycles. The summed E-state index contributed by atoms with van der Waals surface area (Å²) in [4.78, 5) is 29.5. The minimum absolute atomic E-state index is 0.202. The predicted octanol–water partition coefficient (Wildman–Crippen LogP) is 1.18. The van der Waals surface area contributed by atoms with E-state index in [0.717, 1.165) is 5.56 Å². The maximum Gasteiger partial charge on any atom is 0.410 e. The van der Waals surface area contributed by atoms with Gasteiger partial charge in [0, 0.05) is 32.6 Å². The number of morpholine rings is 1. The van der Waals surface area contributed by atoms with Crippen LogP contribution in [0.3, 0.4) is 0 Å². The highest BCUT2D eigenvalue weighted by Gasteiger charge is 2.38. The maximum atomic E-state index is 13.2. The first-order chi connectivity index (χ1) is 14.9. The highest BCUT2D eigenvalue weighted by Crippen LogP contribution is 2.22. The van der Waals surface area contributed by atoms with Gasteiger partial charge in [0.15, 0.2) is 6.10 Å². The molecule has 1 N–H and O–H groups in total. The minimum atomic E-state index is -1.05. The van der Waals surface area contributed by atoms with Crippen molar-refractivity contribution >= 4 is 12.0 Å². The molecule has 1 aromatic rings. The molecular formula is C22H30N4O5. The minimum Gasteiger partial charge on any atom is -0.497 e. The van der Waals surface area contributed by atoms with Crippen molar-refractivity contribution in [3.8, 4) is 11.8 Å². The Hall–Kier alpha value is -2.83. The Bertz CT molecular complexity index is 793. The topological polar surface area (TPSA) is 104 Å². The number of nitrogens with one attached hydrogen (secondary N) is 1. The summed E-state index contributed by atoms with van der Waals surface area (Å²) in [6.45, 7) is 3.15. The number of rotatable bonds is 6. The molecule has 2 fully saturated rings. The third-order valence-electron chi connectivity index (χ3n) is 5.80. The number of likely N-dealkylation sites (tertiary alicyclic amines) is 1. The molecule has 3 rings (SSSR count). The highest BCUT2D eigenvalue weighted by molar-refractivity contribution is 5.84. The van der Waals surface area contributed by atoms with E-state index in [-0.39, 0.29) is 6.42 Å². The molecule has 1 atom stereocenters. The summed E-state index contributed by atoms with van der Waals surface area (Å²) in [7, 11) is 3.57. The van der Waals surface area contributed by atoms with Crippen LogP contribution in [0.5, 0.6) is 5.75 Å². The smallest absolute Gasteiger partial charge is 0.410 e. The monoisotopic (exact) mass is 430 g/mol. The molecule has 0 spiro atoms. The summed E-state index contributed by atoms with van der Waals surface area (Å²) in [5.41, 5.74) is -0.127. The Kier molecular flexibility index (Phi) is 7.71. The van der Waals surface area contributed by atoms with Gasteiger partial charge in [0.2, 0.25) is 0 Å². The van der Waals surface area contributed by atoms with Crippen molar-refractivity contribution in [3.63, 3.8) is 0 Å². The van der Waals surface area contributed by atoms with Gasteiger partial charge in [-0.25, -0.2) is 4.79 Å². The van der Waals surface area contributed by atoms with Gasteiger partial charge in [-0.3, -0.25) is 4.79 Å². The second kappa shape index (κ2) is 10.5. The molecule has 0 saturated carbocycles. The van der Waals surface area contributed by atoms with E-state index in [1.54, 1.807) is 19.2 Å². The molecular weight excluding hydrogens is 400 g/mol. The van der Waals surface area contributed by atoms with Crippen LogP contribution < -0.4 is 10.1 Å². The molecule has 1 unspecified atom stereocenters. The van der Waals surface area contributed by atoms with E-state index in [1.165, 1.54) is 4.90 Å². The predicted molar refractivity (Wildman–Crippen MR) is 113 cm³/mol. The van der Waals surface area contributed by atoms with E-state index in [9.17, 15) is 14.9 Å². The van der Waals surface area contributed by atoms with Crippen LogP contribution in [0.1, 0.15) is 18.4 Å². The van der Waals surface area contributed by atoms with Gasteiger partial charge in [0.25, 0.3) is 5.91 Å². The lowest BCUT2D eigenvalue weighted by atomic mass is 9.88. The van der Waals surface area contributed by atoms with E-state index in [1.807, 2.05) is 19.2 Å². The number of amides is 2. The van der Waals surface area contributed by atoms with Gasteiger partial charge >= 0.3 is 6.09 Å². The molecule has 2 aliphatic rings. The Labute approximate surface area is 182 Å². The first-order valence-corrected chi connectivity index (χ1v) is 10.5. The van der Waals surface area contributed by atoms with E-state index in [4.69, 9.17) is 14.2 Å². The lowest BCUT2D eigenvalue weighted by Crippen LogP contribution is -2.57. The zero-order chi connectivity index (χ0) is 22.3. The van der Waals surface area contributed by atoms with Crippen molar-refractivity contribution < 1.29 is 23.8 Å². The molecule has 9 nitrogen and oxygen atoms in total. The van der Waals surface area contributed by atoms with Crippen LogP contribution in [0.2, 0.25) is 0 Å². The molecule has 168 valence electrons. The summed E-state index contributed by atoms with van der Waals surface area (Å²) >= 11 is 0. The molecule has 0 aliphatic carbocycles. The van der Waals surface area contributed by atoms with Crippen molar-refractivity contribution in [1.82, 2.24) is 15.1 Å². The van der Waals surface area contributed by atoms with Gasteiger partial charge < -0.3 is 29.3 Å². The zero-order valence-electron chi connectivity index (χ0n) is 18.1. The van der Waals surface area contributed by atoms with Gasteiger partial charge in [0.05, 0.1) is 26.4 Å². The number of benzene rings is 1. The molecule has 0 radical (unpaired) electrons. The molecule has 2 heterocycles. The molecule has 9 heteroatoms. The molecule has 2 amide bonds. The summed E-state index contributed by atoms with van der Waals surface area (Å²) < 4.78 is 16.1. The second-order valence-electron chi connectivity index (χ2n) is 8.01. The number of hydrogen-bond acceptors (Lipinski definition) is 7. The largest absolute Gasteiger partial charge is 0.497 e. The van der Waals surface area contributed by atoms with Crippen molar-refractivity contribution in [3.05, 3.63) is 29.8 Å². The molecule has 1 aromatic carbocycles. The van der Waals surface area contributed by atoms with Gasteiger partial charge in [-0.2, -0.15) is 5.26 Å².